The molecule has 0 aliphatic carbocycles. The average Bonchev–Trinajstić information content (AvgIpc) is 2.85. The third kappa shape index (κ3) is 3.95. The molecule has 0 saturated carbocycles. The summed E-state index contributed by atoms with van der Waals surface area (Å²) in [6.45, 7) is 9.81. The summed E-state index contributed by atoms with van der Waals surface area (Å²) in [7, 11) is 0. The van der Waals surface area contributed by atoms with Crippen LogP contribution in [-0.2, 0) is 6.42 Å². The lowest BCUT2D eigenvalue weighted by atomic mass is 9.99. The van der Waals surface area contributed by atoms with E-state index in [1.54, 1.807) is 11.3 Å². The van der Waals surface area contributed by atoms with Crippen LogP contribution in [0.25, 0.3) is 0 Å². The van der Waals surface area contributed by atoms with Gasteiger partial charge in [0.2, 0.25) is 0 Å². The summed E-state index contributed by atoms with van der Waals surface area (Å²) < 4.78 is 0. The number of nitrogens with one attached hydrogen (secondary N) is 1. The molecule has 2 heterocycles. The molecule has 2 rings (SSSR count). The van der Waals surface area contributed by atoms with E-state index >= 15 is 0 Å². The molecule has 20 heavy (non-hydrogen) atoms. The maximum Gasteiger partial charge on any atom is 0.317 e. The van der Waals surface area contributed by atoms with Gasteiger partial charge in [0.25, 0.3) is 0 Å². The minimum Gasteiger partial charge on any atom is -0.333 e. The van der Waals surface area contributed by atoms with E-state index in [-0.39, 0.29) is 11.6 Å². The van der Waals surface area contributed by atoms with Crippen molar-refractivity contribution in [3.05, 3.63) is 16.1 Å². The summed E-state index contributed by atoms with van der Waals surface area (Å²) in [5.74, 6) is 0.403. The van der Waals surface area contributed by atoms with Gasteiger partial charge in [0, 0.05) is 29.9 Å². The van der Waals surface area contributed by atoms with Crippen molar-refractivity contribution in [2.24, 2.45) is 0 Å². The molecule has 1 aliphatic heterocycles. The molecule has 1 atom stereocenters. The molecule has 0 bridgehead atoms. The van der Waals surface area contributed by atoms with Crippen LogP contribution in [0, 0.1) is 0 Å². The first-order valence-corrected chi connectivity index (χ1v) is 8.28. The smallest absolute Gasteiger partial charge is 0.317 e. The van der Waals surface area contributed by atoms with E-state index in [0.717, 1.165) is 32.4 Å². The minimum atomic E-state index is -0.180. The Morgan fingerprint density at radius 1 is 1.55 bits per heavy atom. The second-order valence-electron chi connectivity index (χ2n) is 6.50. The maximum atomic E-state index is 12.2. The Morgan fingerprint density at radius 2 is 2.30 bits per heavy atom. The highest BCUT2D eigenvalue weighted by Crippen LogP contribution is 2.29. The molecule has 0 spiro atoms. The zero-order valence-electron chi connectivity index (χ0n) is 12.9. The first-order valence-electron chi connectivity index (χ1n) is 7.40. The number of carbonyl (C=O) groups is 1. The number of urea groups is 1. The quantitative estimate of drug-likeness (QED) is 0.909. The Kier molecular flexibility index (Phi) is 4.68. The van der Waals surface area contributed by atoms with E-state index in [9.17, 15) is 4.79 Å². The monoisotopic (exact) mass is 295 g/mol. The van der Waals surface area contributed by atoms with E-state index < -0.39 is 0 Å². The highest BCUT2D eigenvalue weighted by Gasteiger charge is 2.28. The third-order valence-corrected chi connectivity index (χ3v) is 4.53. The average molecular weight is 295 g/mol. The molecule has 0 unspecified atom stereocenters. The van der Waals surface area contributed by atoms with Crippen molar-refractivity contribution in [3.8, 4) is 0 Å². The standard InChI is InChI=1S/C15H25N3OS/c1-5-12-10-20-13(16-12)11-7-6-8-18(9-11)14(19)17-15(2,3)4/h10-11H,5-9H2,1-4H3,(H,17,19)/t11-/m0/s1. The van der Waals surface area contributed by atoms with Crippen LogP contribution in [0.4, 0.5) is 4.79 Å². The van der Waals surface area contributed by atoms with Gasteiger partial charge in [0.1, 0.15) is 0 Å². The summed E-state index contributed by atoms with van der Waals surface area (Å²) in [6, 6.07) is 0.0504. The number of piperidine rings is 1. The van der Waals surface area contributed by atoms with Gasteiger partial charge >= 0.3 is 6.03 Å². The summed E-state index contributed by atoms with van der Waals surface area (Å²) in [5, 5.41) is 6.38. The van der Waals surface area contributed by atoms with Crippen molar-refractivity contribution >= 4 is 17.4 Å². The molecule has 0 aromatic carbocycles. The second-order valence-corrected chi connectivity index (χ2v) is 7.39. The molecule has 1 aliphatic rings. The molecule has 1 aromatic heterocycles. The molecule has 1 fully saturated rings. The molecular formula is C15H25N3OS. The van der Waals surface area contributed by atoms with Gasteiger partial charge in [0.05, 0.1) is 10.7 Å². The van der Waals surface area contributed by atoms with Crippen LogP contribution in [0.5, 0.6) is 0 Å². The van der Waals surface area contributed by atoms with Crippen LogP contribution in [0.1, 0.15) is 57.2 Å². The van der Waals surface area contributed by atoms with Crippen LogP contribution in [0.15, 0.2) is 5.38 Å². The molecule has 2 amide bonds. The summed E-state index contributed by atoms with van der Waals surface area (Å²) in [6.07, 6.45) is 3.18. The lowest BCUT2D eigenvalue weighted by molar-refractivity contribution is 0.171. The fraction of sp³-hybridized carbons (Fsp3) is 0.733. The van der Waals surface area contributed by atoms with E-state index in [1.165, 1.54) is 10.7 Å². The van der Waals surface area contributed by atoms with Gasteiger partial charge in [-0.05, 0) is 40.0 Å². The second kappa shape index (κ2) is 6.12. The highest BCUT2D eigenvalue weighted by atomic mass is 32.1. The molecule has 4 nitrogen and oxygen atoms in total. The van der Waals surface area contributed by atoms with E-state index in [1.807, 2.05) is 25.7 Å². The van der Waals surface area contributed by atoms with Crippen LogP contribution < -0.4 is 5.32 Å². The first kappa shape index (κ1) is 15.3. The Hall–Kier alpha value is -1.10. The van der Waals surface area contributed by atoms with Gasteiger partial charge < -0.3 is 10.2 Å². The van der Waals surface area contributed by atoms with Crippen LogP contribution >= 0.6 is 11.3 Å². The van der Waals surface area contributed by atoms with Crippen molar-refractivity contribution in [1.82, 2.24) is 15.2 Å². The van der Waals surface area contributed by atoms with Crippen LogP contribution in [-0.4, -0.2) is 34.5 Å². The summed E-state index contributed by atoms with van der Waals surface area (Å²) in [5.41, 5.74) is 0.988. The molecular weight excluding hydrogens is 270 g/mol. The van der Waals surface area contributed by atoms with Gasteiger partial charge in [-0.1, -0.05) is 6.92 Å². The fourth-order valence-electron chi connectivity index (χ4n) is 2.44. The van der Waals surface area contributed by atoms with Gasteiger partial charge in [-0.3, -0.25) is 0 Å². The predicted octanol–water partition coefficient (Wildman–Crippen LogP) is 3.39. The fourth-order valence-corrected chi connectivity index (χ4v) is 3.47. The predicted molar refractivity (Wildman–Crippen MR) is 83.3 cm³/mol. The van der Waals surface area contributed by atoms with E-state index in [0.29, 0.717) is 5.92 Å². The largest absolute Gasteiger partial charge is 0.333 e. The molecule has 1 saturated heterocycles. The summed E-state index contributed by atoms with van der Waals surface area (Å²) >= 11 is 1.74. The number of hydrogen-bond acceptors (Lipinski definition) is 3. The lowest BCUT2D eigenvalue weighted by Crippen LogP contribution is -2.51. The topological polar surface area (TPSA) is 45.2 Å². The number of carbonyl (C=O) groups excluding carboxylic acids is 1. The minimum absolute atomic E-state index is 0.0504. The van der Waals surface area contributed by atoms with Gasteiger partial charge in [-0.2, -0.15) is 0 Å². The molecule has 1 N–H and O–H groups in total. The van der Waals surface area contributed by atoms with Gasteiger partial charge in [-0.25, -0.2) is 9.78 Å². The van der Waals surface area contributed by atoms with E-state index in [4.69, 9.17) is 0 Å². The number of thiazole rings is 1. The Balaban J connectivity index is 1.99. The number of nitrogens with zero attached hydrogens (tertiary/aromatic N) is 2. The third-order valence-electron chi connectivity index (χ3n) is 3.47. The lowest BCUT2D eigenvalue weighted by Gasteiger charge is -2.34. The Labute approximate surface area is 125 Å². The number of amides is 2. The van der Waals surface area contributed by atoms with Crippen LogP contribution in [0.3, 0.4) is 0 Å². The van der Waals surface area contributed by atoms with Crippen molar-refractivity contribution in [2.45, 2.75) is 58.4 Å². The summed E-state index contributed by atoms with van der Waals surface area (Å²) in [4.78, 5) is 18.9. The number of aromatic nitrogens is 1. The van der Waals surface area contributed by atoms with Crippen molar-refractivity contribution in [2.75, 3.05) is 13.1 Å². The van der Waals surface area contributed by atoms with E-state index in [2.05, 4.69) is 22.6 Å². The normalized spacial score (nSPS) is 20.0. The molecule has 0 radical (unpaired) electrons. The van der Waals surface area contributed by atoms with Crippen molar-refractivity contribution < 1.29 is 4.79 Å². The van der Waals surface area contributed by atoms with Gasteiger partial charge in [-0.15, -0.1) is 11.3 Å². The number of rotatable bonds is 2. The van der Waals surface area contributed by atoms with Crippen molar-refractivity contribution in [1.29, 1.82) is 0 Å². The molecule has 112 valence electrons. The first-order chi connectivity index (χ1) is 9.39. The molecule has 1 aromatic rings. The van der Waals surface area contributed by atoms with Crippen molar-refractivity contribution in [3.63, 3.8) is 0 Å². The molecule has 5 heteroatoms. The SMILES string of the molecule is CCc1csc([C@H]2CCCN(C(=O)NC(C)(C)C)C2)n1. The number of hydrogen-bond donors (Lipinski definition) is 1. The Bertz CT molecular complexity index is 464. The Morgan fingerprint density at radius 3 is 2.90 bits per heavy atom. The number of aryl methyl sites for hydroxylation is 1. The zero-order chi connectivity index (χ0) is 14.8. The highest BCUT2D eigenvalue weighted by molar-refractivity contribution is 7.09. The van der Waals surface area contributed by atoms with Gasteiger partial charge in [0.15, 0.2) is 0 Å². The number of likely N-dealkylation sites (tertiary alicyclic amines) is 1. The zero-order valence-corrected chi connectivity index (χ0v) is 13.7. The van der Waals surface area contributed by atoms with Crippen LogP contribution in [0.2, 0.25) is 0 Å². The maximum absolute atomic E-state index is 12.2.